The lowest BCUT2D eigenvalue weighted by Gasteiger charge is -2.27. The minimum absolute atomic E-state index is 0.361. The summed E-state index contributed by atoms with van der Waals surface area (Å²) in [5.74, 6) is 0. The Bertz CT molecular complexity index is 936. The number of rotatable bonds is 6. The smallest absolute Gasteiger partial charge is 0.0622 e. The van der Waals surface area contributed by atoms with Crippen LogP contribution in [0.15, 0.2) is 121 Å². The molecule has 4 aromatic rings. The summed E-state index contributed by atoms with van der Waals surface area (Å²) < 4.78 is 19.0. The number of aryl methyl sites for hydroxylation is 1. The fourth-order valence-corrected chi connectivity index (χ4v) is 7.20. The highest BCUT2D eigenvalue weighted by Gasteiger charge is 2.44. The summed E-state index contributed by atoms with van der Waals surface area (Å²) >= 11 is 0. The van der Waals surface area contributed by atoms with Gasteiger partial charge in [-0.05, 0) is 42.0 Å². The average molecular weight is 369 g/mol. The lowest BCUT2D eigenvalue weighted by molar-refractivity contribution is 1.15. The van der Waals surface area contributed by atoms with Crippen LogP contribution in [0.5, 0.6) is 0 Å². The molecule has 0 fully saturated rings. The molecule has 27 heavy (non-hydrogen) atoms. The van der Waals surface area contributed by atoms with E-state index in [1.165, 1.54) is 0 Å². The zero-order valence-corrected chi connectivity index (χ0v) is 16.1. The largest absolute Gasteiger partial charge is 0.112 e. The molecule has 132 valence electrons. The van der Waals surface area contributed by atoms with E-state index in [0.717, 1.165) is 21.5 Å². The van der Waals surface area contributed by atoms with Crippen LogP contribution in [0.25, 0.3) is 0 Å². The van der Waals surface area contributed by atoms with Gasteiger partial charge in [0.05, 0.1) is 8.86 Å². The van der Waals surface area contributed by atoms with Gasteiger partial charge in [-0.25, -0.2) is 0 Å². The molecule has 1 heteroatoms. The maximum atomic E-state index is 9.50. The standard InChI is InChI=1S/C26H24P/c1-5-13-23(14-6-1)21-22-27(24-15-7-2-8-16-24,25-17-9-3-10-18-25)26-19-11-4-12-20-26/h1-20H,21-22H2/q+1/i22D2. The maximum absolute atomic E-state index is 9.50. The van der Waals surface area contributed by atoms with Crippen molar-refractivity contribution in [3.05, 3.63) is 127 Å². The third-order valence-corrected chi connectivity index (χ3v) is 8.64. The summed E-state index contributed by atoms with van der Waals surface area (Å²) in [5.41, 5.74) is 1.02. The molecule has 0 bridgehead atoms. The monoisotopic (exact) mass is 369 g/mol. The van der Waals surface area contributed by atoms with Crippen LogP contribution in [0, 0.1) is 0 Å². The lowest BCUT2D eigenvalue weighted by Crippen LogP contribution is -2.34. The molecule has 0 atom stereocenters. The van der Waals surface area contributed by atoms with Crippen molar-refractivity contribution >= 4 is 23.2 Å². The Balaban J connectivity index is 2.02. The van der Waals surface area contributed by atoms with Crippen LogP contribution < -0.4 is 15.9 Å². The summed E-state index contributed by atoms with van der Waals surface area (Å²) in [4.78, 5) is 0. The summed E-state index contributed by atoms with van der Waals surface area (Å²) in [6, 6.07) is 40.7. The predicted octanol–water partition coefficient (Wildman–Crippen LogP) is 5.22. The molecule has 0 heterocycles. The van der Waals surface area contributed by atoms with Crippen LogP contribution >= 0.6 is 7.26 Å². The van der Waals surface area contributed by atoms with Crippen molar-refractivity contribution in [2.75, 3.05) is 6.11 Å². The van der Waals surface area contributed by atoms with Crippen molar-refractivity contribution in [2.45, 2.75) is 6.42 Å². The highest BCUT2D eigenvalue weighted by atomic mass is 31.2. The van der Waals surface area contributed by atoms with E-state index in [9.17, 15) is 2.74 Å². The van der Waals surface area contributed by atoms with E-state index < -0.39 is 13.4 Å². The molecular formula is C26H24P+. The van der Waals surface area contributed by atoms with Crippen LogP contribution in [0.2, 0.25) is 0 Å². The van der Waals surface area contributed by atoms with Crippen LogP contribution in [0.1, 0.15) is 8.30 Å². The molecule has 0 aliphatic rings. The Morgan fingerprint density at radius 1 is 0.481 bits per heavy atom. The summed E-state index contributed by atoms with van der Waals surface area (Å²) in [5, 5.41) is 3.20. The topological polar surface area (TPSA) is 0 Å². The Hall–Kier alpha value is -2.69. The first-order valence-corrected chi connectivity index (χ1v) is 11.0. The maximum Gasteiger partial charge on any atom is 0.112 e. The third kappa shape index (κ3) is 3.72. The first-order chi connectivity index (χ1) is 14.1. The average Bonchev–Trinajstić information content (AvgIpc) is 2.77. The fourth-order valence-electron chi connectivity index (χ4n) is 3.48. The van der Waals surface area contributed by atoms with Gasteiger partial charge in [-0.3, -0.25) is 0 Å². The molecule has 0 aliphatic carbocycles. The van der Waals surface area contributed by atoms with Gasteiger partial charge >= 0.3 is 0 Å². The van der Waals surface area contributed by atoms with E-state index >= 15 is 0 Å². The molecule has 0 saturated heterocycles. The Morgan fingerprint density at radius 2 is 0.815 bits per heavy atom. The van der Waals surface area contributed by atoms with Gasteiger partial charge in [-0.1, -0.05) is 84.9 Å². The molecule has 0 unspecified atom stereocenters. The van der Waals surface area contributed by atoms with Crippen LogP contribution in [-0.4, -0.2) is 6.11 Å². The number of hydrogen-bond donors (Lipinski definition) is 0. The molecule has 0 spiro atoms. The van der Waals surface area contributed by atoms with E-state index in [0.29, 0.717) is 6.42 Å². The van der Waals surface area contributed by atoms with Crippen LogP contribution in [0.4, 0.5) is 0 Å². The molecule has 0 N–H and O–H groups in total. The first-order valence-electron chi connectivity index (χ1n) is 10.2. The van der Waals surface area contributed by atoms with Gasteiger partial charge in [0.2, 0.25) is 0 Å². The van der Waals surface area contributed by atoms with Gasteiger partial charge in [-0.15, -0.1) is 0 Å². The summed E-state index contributed by atoms with van der Waals surface area (Å²) in [6.07, 6.45) is -1.10. The van der Waals surface area contributed by atoms with Crippen molar-refractivity contribution in [3.63, 3.8) is 0 Å². The molecule has 0 aromatic heterocycles. The second-order valence-electron chi connectivity index (χ2n) is 6.50. The zero-order valence-electron chi connectivity index (χ0n) is 17.2. The van der Waals surface area contributed by atoms with Gasteiger partial charge in [0.25, 0.3) is 0 Å². The molecular weight excluding hydrogens is 343 g/mol. The van der Waals surface area contributed by atoms with E-state index in [1.54, 1.807) is 0 Å². The van der Waals surface area contributed by atoms with Crippen molar-refractivity contribution in [3.8, 4) is 0 Å². The zero-order chi connectivity index (χ0) is 20.2. The Morgan fingerprint density at radius 3 is 1.19 bits per heavy atom. The number of hydrogen-bond acceptors (Lipinski definition) is 0. The van der Waals surface area contributed by atoms with Crippen molar-refractivity contribution in [1.82, 2.24) is 0 Å². The van der Waals surface area contributed by atoms with Gasteiger partial charge in [-0.2, -0.15) is 0 Å². The molecule has 0 amide bonds. The van der Waals surface area contributed by atoms with Gasteiger partial charge in [0.1, 0.15) is 23.2 Å². The van der Waals surface area contributed by atoms with Crippen LogP contribution in [0.3, 0.4) is 0 Å². The first kappa shape index (κ1) is 15.4. The SMILES string of the molecule is [2H]C([2H])(Cc1ccccc1)[P+](c1ccccc1)(c1ccccc1)c1ccccc1. The highest BCUT2D eigenvalue weighted by molar-refractivity contribution is 7.95. The summed E-state index contributed by atoms with van der Waals surface area (Å²) in [7, 11) is -2.59. The molecule has 0 aliphatic heterocycles. The Labute approximate surface area is 165 Å². The normalized spacial score (nSPS) is 12.9. The second-order valence-corrected chi connectivity index (χ2v) is 9.71. The molecule has 0 saturated carbocycles. The van der Waals surface area contributed by atoms with E-state index in [1.807, 2.05) is 84.9 Å². The van der Waals surface area contributed by atoms with E-state index in [4.69, 9.17) is 0 Å². The van der Waals surface area contributed by atoms with Crippen molar-refractivity contribution in [2.24, 2.45) is 0 Å². The van der Waals surface area contributed by atoms with E-state index in [-0.39, 0.29) is 0 Å². The van der Waals surface area contributed by atoms with Gasteiger partial charge in [0.15, 0.2) is 0 Å². The molecule has 0 nitrogen and oxygen atoms in total. The fraction of sp³-hybridized carbons (Fsp3) is 0.0769. The molecule has 4 rings (SSSR count). The minimum Gasteiger partial charge on any atom is -0.0622 e. The molecule has 4 aromatic carbocycles. The lowest BCUT2D eigenvalue weighted by atomic mass is 10.2. The number of benzene rings is 4. The highest BCUT2D eigenvalue weighted by Crippen LogP contribution is 2.55. The van der Waals surface area contributed by atoms with Gasteiger partial charge in [0, 0.05) is 6.42 Å². The minimum atomic E-state index is -2.59. The van der Waals surface area contributed by atoms with Gasteiger partial charge < -0.3 is 0 Å². The van der Waals surface area contributed by atoms with Crippen LogP contribution in [-0.2, 0) is 6.42 Å². The van der Waals surface area contributed by atoms with E-state index in [2.05, 4.69) is 36.4 Å². The Kier molecular flexibility index (Phi) is 4.75. The molecule has 0 radical (unpaired) electrons. The third-order valence-electron chi connectivity index (χ3n) is 4.79. The van der Waals surface area contributed by atoms with Crippen molar-refractivity contribution in [1.29, 1.82) is 0 Å². The second kappa shape index (κ2) is 8.33. The quantitative estimate of drug-likeness (QED) is 0.409. The summed E-state index contributed by atoms with van der Waals surface area (Å²) in [6.45, 7) is 0. The predicted molar refractivity (Wildman–Crippen MR) is 120 cm³/mol. The van der Waals surface area contributed by atoms with Crippen molar-refractivity contribution < 1.29 is 2.74 Å².